The zero-order valence-corrected chi connectivity index (χ0v) is 12.7. The molecule has 0 saturated carbocycles. The topological polar surface area (TPSA) is 29.9 Å². The molecule has 2 rings (SSSR count). The second kappa shape index (κ2) is 8.02. The minimum Gasteiger partial charge on any atom is -0.312 e. The molecule has 3 nitrogen and oxygen atoms in total. The smallest absolute Gasteiger partial charge is 0.216 e. The molecule has 0 aliphatic heterocycles. The molecule has 0 bridgehead atoms. The molecule has 0 spiro atoms. The summed E-state index contributed by atoms with van der Waals surface area (Å²) in [6.07, 6.45) is 0.948. The summed E-state index contributed by atoms with van der Waals surface area (Å²) in [5.41, 5.74) is 2.73. The lowest BCUT2D eigenvalue weighted by atomic mass is 10.1. The van der Waals surface area contributed by atoms with Gasteiger partial charge in [0.25, 0.3) is 0 Å². The van der Waals surface area contributed by atoms with Crippen LogP contribution in [0.3, 0.4) is 0 Å². The molecule has 1 aromatic heterocycles. The third-order valence-corrected chi connectivity index (χ3v) is 3.22. The van der Waals surface area contributed by atoms with E-state index in [9.17, 15) is 4.39 Å². The molecule has 1 aromatic carbocycles. The average molecular weight is 298 g/mol. The molecule has 5 heteroatoms. The molecule has 0 aliphatic rings. The van der Waals surface area contributed by atoms with Crippen molar-refractivity contribution < 1.29 is 4.39 Å². The number of rotatable bonds is 6. The van der Waals surface area contributed by atoms with Crippen molar-refractivity contribution in [3.63, 3.8) is 0 Å². The van der Waals surface area contributed by atoms with Crippen LogP contribution in [0.5, 0.6) is 0 Å². The van der Waals surface area contributed by atoms with Crippen LogP contribution in [0, 0.1) is 12.9 Å². The van der Waals surface area contributed by atoms with Crippen LogP contribution in [0.4, 0.5) is 4.39 Å². The number of halogens is 2. The van der Waals surface area contributed by atoms with Crippen LogP contribution in [0.1, 0.15) is 23.7 Å². The van der Waals surface area contributed by atoms with Crippen molar-refractivity contribution in [1.29, 1.82) is 0 Å². The van der Waals surface area contributed by atoms with E-state index in [0.717, 1.165) is 18.7 Å². The van der Waals surface area contributed by atoms with Gasteiger partial charge in [-0.05, 0) is 32.4 Å². The first kappa shape index (κ1) is 16.7. The fraction of sp³-hybridized carbons (Fsp3) is 0.400. The van der Waals surface area contributed by atoms with Crippen LogP contribution in [-0.4, -0.2) is 16.3 Å². The fourth-order valence-electron chi connectivity index (χ4n) is 2.09. The van der Waals surface area contributed by atoms with Gasteiger partial charge in [-0.3, -0.25) is 0 Å². The molecular formula is C15H21ClFN3. The SMILES string of the molecule is CCn1nc(C)c(CNCCc2ccccc2)c1F.Cl. The molecule has 0 atom stereocenters. The van der Waals surface area contributed by atoms with Crippen molar-refractivity contribution in [2.45, 2.75) is 33.4 Å². The first-order valence-corrected chi connectivity index (χ1v) is 6.68. The Kier molecular flexibility index (Phi) is 6.68. The fourth-order valence-corrected chi connectivity index (χ4v) is 2.09. The third-order valence-electron chi connectivity index (χ3n) is 3.22. The number of nitrogens with one attached hydrogen (secondary N) is 1. The van der Waals surface area contributed by atoms with Crippen molar-refractivity contribution in [3.05, 3.63) is 53.1 Å². The van der Waals surface area contributed by atoms with Gasteiger partial charge in [0.2, 0.25) is 5.95 Å². The van der Waals surface area contributed by atoms with E-state index in [2.05, 4.69) is 22.5 Å². The van der Waals surface area contributed by atoms with Crippen molar-refractivity contribution in [1.82, 2.24) is 15.1 Å². The van der Waals surface area contributed by atoms with Crippen molar-refractivity contribution in [3.8, 4) is 0 Å². The predicted octanol–water partition coefficient (Wildman–Crippen LogP) is 3.10. The lowest BCUT2D eigenvalue weighted by molar-refractivity contribution is 0.460. The highest BCUT2D eigenvalue weighted by Crippen LogP contribution is 2.11. The Morgan fingerprint density at radius 1 is 1.25 bits per heavy atom. The van der Waals surface area contributed by atoms with Gasteiger partial charge in [0.1, 0.15) is 0 Å². The molecule has 2 aromatic rings. The van der Waals surface area contributed by atoms with Crippen LogP contribution in [-0.2, 0) is 19.5 Å². The number of hydrogen-bond acceptors (Lipinski definition) is 2. The monoisotopic (exact) mass is 297 g/mol. The zero-order valence-electron chi connectivity index (χ0n) is 11.9. The van der Waals surface area contributed by atoms with Crippen molar-refractivity contribution in [2.24, 2.45) is 0 Å². The van der Waals surface area contributed by atoms with Crippen molar-refractivity contribution >= 4 is 12.4 Å². The number of benzene rings is 1. The van der Waals surface area contributed by atoms with Gasteiger partial charge in [-0.15, -0.1) is 12.4 Å². The van der Waals surface area contributed by atoms with Crippen LogP contribution >= 0.6 is 12.4 Å². The van der Waals surface area contributed by atoms with Crippen LogP contribution < -0.4 is 5.32 Å². The van der Waals surface area contributed by atoms with Gasteiger partial charge in [-0.2, -0.15) is 9.49 Å². The van der Waals surface area contributed by atoms with Gasteiger partial charge < -0.3 is 5.32 Å². The molecule has 0 amide bonds. The second-order valence-electron chi connectivity index (χ2n) is 4.58. The van der Waals surface area contributed by atoms with Crippen LogP contribution in [0.25, 0.3) is 0 Å². The van der Waals surface area contributed by atoms with E-state index in [4.69, 9.17) is 0 Å². The summed E-state index contributed by atoms with van der Waals surface area (Å²) in [6, 6.07) is 10.3. The zero-order chi connectivity index (χ0) is 13.7. The number of nitrogens with zero attached hydrogens (tertiary/aromatic N) is 2. The lowest BCUT2D eigenvalue weighted by Gasteiger charge is -2.04. The van der Waals surface area contributed by atoms with Crippen LogP contribution in [0.15, 0.2) is 30.3 Å². The maximum Gasteiger partial charge on any atom is 0.216 e. The first-order chi connectivity index (χ1) is 9.22. The van der Waals surface area contributed by atoms with Gasteiger partial charge in [0, 0.05) is 18.7 Å². The molecule has 20 heavy (non-hydrogen) atoms. The highest BCUT2D eigenvalue weighted by molar-refractivity contribution is 5.85. The lowest BCUT2D eigenvalue weighted by Crippen LogP contribution is -2.17. The molecule has 0 unspecified atom stereocenters. The van der Waals surface area contributed by atoms with Gasteiger partial charge in [-0.25, -0.2) is 4.68 Å². The van der Waals surface area contributed by atoms with E-state index in [1.54, 1.807) is 0 Å². The Hall–Kier alpha value is -1.39. The quantitative estimate of drug-likeness (QED) is 0.830. The minimum absolute atomic E-state index is 0. The number of aryl methyl sites for hydroxylation is 2. The van der Waals surface area contributed by atoms with E-state index in [1.165, 1.54) is 10.2 Å². The molecule has 0 aliphatic carbocycles. The Balaban J connectivity index is 0.00000200. The van der Waals surface area contributed by atoms with Gasteiger partial charge in [0.15, 0.2) is 0 Å². The van der Waals surface area contributed by atoms with E-state index in [0.29, 0.717) is 18.7 Å². The minimum atomic E-state index is -0.216. The first-order valence-electron chi connectivity index (χ1n) is 6.68. The highest BCUT2D eigenvalue weighted by atomic mass is 35.5. The summed E-state index contributed by atoms with van der Waals surface area (Å²) in [6.45, 7) is 5.67. The van der Waals surface area contributed by atoms with Crippen molar-refractivity contribution in [2.75, 3.05) is 6.54 Å². The average Bonchev–Trinajstić information content (AvgIpc) is 2.71. The van der Waals surface area contributed by atoms with Crippen LogP contribution in [0.2, 0.25) is 0 Å². The Morgan fingerprint density at radius 2 is 1.95 bits per heavy atom. The summed E-state index contributed by atoms with van der Waals surface area (Å²) < 4.78 is 15.3. The molecule has 110 valence electrons. The summed E-state index contributed by atoms with van der Waals surface area (Å²) in [5, 5.41) is 7.44. The summed E-state index contributed by atoms with van der Waals surface area (Å²) >= 11 is 0. The molecule has 1 N–H and O–H groups in total. The Labute approximate surface area is 125 Å². The Morgan fingerprint density at radius 3 is 2.55 bits per heavy atom. The highest BCUT2D eigenvalue weighted by Gasteiger charge is 2.13. The van der Waals surface area contributed by atoms with E-state index < -0.39 is 0 Å². The van der Waals surface area contributed by atoms with E-state index >= 15 is 0 Å². The van der Waals surface area contributed by atoms with E-state index in [1.807, 2.05) is 32.0 Å². The molecule has 1 heterocycles. The molecule has 0 saturated heterocycles. The standard InChI is InChI=1S/C15H20FN3.ClH/c1-3-19-15(16)14(12(2)18-19)11-17-10-9-13-7-5-4-6-8-13;/h4-8,17H,3,9-11H2,1-2H3;1H. The predicted molar refractivity (Wildman–Crippen MR) is 81.7 cm³/mol. The molecular weight excluding hydrogens is 277 g/mol. The third kappa shape index (κ3) is 4.05. The van der Waals surface area contributed by atoms with Gasteiger partial charge >= 0.3 is 0 Å². The normalized spacial score (nSPS) is 10.3. The number of hydrogen-bond donors (Lipinski definition) is 1. The second-order valence-corrected chi connectivity index (χ2v) is 4.58. The maximum absolute atomic E-state index is 13.9. The largest absolute Gasteiger partial charge is 0.312 e. The maximum atomic E-state index is 13.9. The summed E-state index contributed by atoms with van der Waals surface area (Å²) in [4.78, 5) is 0. The molecule has 0 fully saturated rings. The van der Waals surface area contributed by atoms with Gasteiger partial charge in [0.05, 0.1) is 5.69 Å². The van der Waals surface area contributed by atoms with E-state index in [-0.39, 0.29) is 18.4 Å². The van der Waals surface area contributed by atoms with Gasteiger partial charge in [-0.1, -0.05) is 30.3 Å². The summed E-state index contributed by atoms with van der Waals surface area (Å²) in [5.74, 6) is -0.216. The Bertz CT molecular complexity index is 525. The molecule has 0 radical (unpaired) electrons. The number of aromatic nitrogens is 2. The summed E-state index contributed by atoms with van der Waals surface area (Å²) in [7, 11) is 0.